The second-order valence-corrected chi connectivity index (χ2v) is 5.32. The first kappa shape index (κ1) is 25.4. The average Bonchev–Trinajstić information content (AvgIpc) is 2.99. The Kier molecular flexibility index (Phi) is 12.3. The van der Waals surface area contributed by atoms with Crippen LogP contribution < -0.4 is 37.2 Å². The number of halogens is 3. The fourth-order valence-corrected chi connectivity index (χ4v) is 2.61. The van der Waals surface area contributed by atoms with Gasteiger partial charge in [-0.2, -0.15) is 12.1 Å². The van der Waals surface area contributed by atoms with Crippen LogP contribution in [0.4, 0.5) is 0 Å². The maximum Gasteiger partial charge on any atom is 0 e. The molecule has 0 N–H and O–H groups in total. The molecule has 0 saturated heterocycles. The molecule has 4 aromatic rings. The summed E-state index contributed by atoms with van der Waals surface area (Å²) in [6.45, 7) is 4.25. The fraction of sp³-hybridized carbons (Fsp3) is 0.100. The van der Waals surface area contributed by atoms with E-state index in [4.69, 9.17) is 0 Å². The molecule has 0 atom stereocenters. The summed E-state index contributed by atoms with van der Waals surface area (Å²) in [6.07, 6.45) is 0. The molecule has 0 nitrogen and oxygen atoms in total. The molecule has 24 heavy (non-hydrogen) atoms. The van der Waals surface area contributed by atoms with Crippen molar-refractivity contribution < 1.29 is 55.8 Å². The van der Waals surface area contributed by atoms with Gasteiger partial charge in [-0.05, 0) is 0 Å². The summed E-state index contributed by atoms with van der Waals surface area (Å²) in [4.78, 5) is 0. The Morgan fingerprint density at radius 2 is 0.917 bits per heavy atom. The molecular formula is C20H18Cl3V-5. The van der Waals surface area contributed by atoms with Crippen LogP contribution in [0.25, 0.3) is 21.5 Å². The van der Waals surface area contributed by atoms with E-state index in [1.165, 1.54) is 32.7 Å². The molecule has 0 amide bonds. The monoisotopic (exact) mass is 414 g/mol. The number of hydrogen-bond donors (Lipinski definition) is 0. The predicted octanol–water partition coefficient (Wildman–Crippen LogP) is -3.26. The molecule has 4 heteroatoms. The van der Waals surface area contributed by atoms with Gasteiger partial charge >= 0.3 is 0 Å². The topological polar surface area (TPSA) is 0 Å². The van der Waals surface area contributed by atoms with Crippen molar-refractivity contribution in [3.8, 4) is 0 Å². The van der Waals surface area contributed by atoms with E-state index in [9.17, 15) is 0 Å². The smallest absolute Gasteiger partial charge is 0 e. The van der Waals surface area contributed by atoms with Gasteiger partial charge in [0.05, 0.1) is 0 Å². The summed E-state index contributed by atoms with van der Waals surface area (Å²) in [7, 11) is 0. The van der Waals surface area contributed by atoms with Crippen molar-refractivity contribution in [2.24, 2.45) is 0 Å². The third-order valence-electron chi connectivity index (χ3n) is 3.52. The molecule has 0 bridgehead atoms. The Bertz CT molecular complexity index is 708. The van der Waals surface area contributed by atoms with Gasteiger partial charge in [-0.3, -0.25) is 0 Å². The number of fused-ring (bicyclic) bond motifs is 2. The van der Waals surface area contributed by atoms with E-state index in [-0.39, 0.29) is 55.8 Å². The van der Waals surface area contributed by atoms with Crippen molar-refractivity contribution in [1.29, 1.82) is 0 Å². The third-order valence-corrected chi connectivity index (χ3v) is 3.52. The number of rotatable bonds is 0. The summed E-state index contributed by atoms with van der Waals surface area (Å²) in [5.74, 6) is 0. The van der Waals surface area contributed by atoms with Gasteiger partial charge in [0.25, 0.3) is 0 Å². The van der Waals surface area contributed by atoms with E-state index >= 15 is 0 Å². The van der Waals surface area contributed by atoms with E-state index in [0.717, 1.165) is 0 Å². The first-order chi connectivity index (χ1) is 9.72. The number of hydrogen-bond acceptors (Lipinski definition) is 0. The standard InChI is InChI=1S/2C10H9.3ClH.V/c2*1-8-6-9-4-2-3-5-10(9)7-8;;;;/h2*2-7H,1H3;3*1H;/q2*-1;;;;/p-3. The van der Waals surface area contributed by atoms with Crippen molar-refractivity contribution in [1.82, 2.24) is 0 Å². The van der Waals surface area contributed by atoms with Crippen molar-refractivity contribution >= 4 is 21.5 Å². The summed E-state index contributed by atoms with van der Waals surface area (Å²) >= 11 is 0. The Labute approximate surface area is 174 Å². The van der Waals surface area contributed by atoms with Crippen LogP contribution in [0, 0.1) is 13.8 Å². The summed E-state index contributed by atoms with van der Waals surface area (Å²) in [6, 6.07) is 25.7. The zero-order chi connectivity index (χ0) is 13.9. The molecule has 0 spiro atoms. The van der Waals surface area contributed by atoms with Gasteiger partial charge in [0.2, 0.25) is 0 Å². The predicted molar refractivity (Wildman–Crippen MR) is 88.6 cm³/mol. The number of benzene rings is 2. The first-order valence-electron chi connectivity index (χ1n) is 6.96. The Hall–Kier alpha value is -0.886. The Morgan fingerprint density at radius 1 is 0.583 bits per heavy atom. The molecule has 129 valence electrons. The Balaban J connectivity index is 0. The molecule has 0 aliphatic carbocycles. The Morgan fingerprint density at radius 3 is 1.25 bits per heavy atom. The van der Waals surface area contributed by atoms with Crippen LogP contribution in [0.3, 0.4) is 0 Å². The zero-order valence-corrected chi connectivity index (χ0v) is 17.2. The van der Waals surface area contributed by atoms with Crippen LogP contribution in [0.15, 0.2) is 72.8 Å². The molecule has 0 heterocycles. The van der Waals surface area contributed by atoms with Gasteiger partial charge in [-0.1, -0.05) is 26.0 Å². The van der Waals surface area contributed by atoms with E-state index in [1.54, 1.807) is 0 Å². The van der Waals surface area contributed by atoms with E-state index in [0.29, 0.717) is 0 Å². The quantitative estimate of drug-likeness (QED) is 0.265. The molecule has 4 aromatic carbocycles. The minimum Gasteiger partial charge on any atom is -1.00 e. The second kappa shape index (κ2) is 11.6. The SMILES string of the molecule is Cc1cc2ccccc2[cH-]1.Cc1cc2ccccc2[cH-]1.[Cl-].[Cl-].[Cl-].[V]. The van der Waals surface area contributed by atoms with Crippen molar-refractivity contribution in [2.45, 2.75) is 13.8 Å². The maximum atomic E-state index is 2.20. The second-order valence-electron chi connectivity index (χ2n) is 5.32. The van der Waals surface area contributed by atoms with Crippen molar-refractivity contribution in [2.75, 3.05) is 0 Å². The third kappa shape index (κ3) is 6.20. The molecule has 4 rings (SSSR count). The maximum absolute atomic E-state index is 2.20. The van der Waals surface area contributed by atoms with Crippen LogP contribution in [0.5, 0.6) is 0 Å². The fourth-order valence-electron chi connectivity index (χ4n) is 2.61. The summed E-state index contributed by atoms with van der Waals surface area (Å²) in [5.41, 5.74) is 2.70. The molecule has 0 aromatic heterocycles. The average molecular weight is 416 g/mol. The molecule has 0 unspecified atom stereocenters. The first-order valence-corrected chi connectivity index (χ1v) is 6.96. The van der Waals surface area contributed by atoms with Crippen LogP contribution in [0.1, 0.15) is 11.1 Å². The molecule has 0 aliphatic rings. The van der Waals surface area contributed by atoms with Crippen LogP contribution >= 0.6 is 0 Å². The summed E-state index contributed by atoms with van der Waals surface area (Å²) < 4.78 is 0. The largest absolute Gasteiger partial charge is 1.00 e. The van der Waals surface area contributed by atoms with Crippen molar-refractivity contribution in [3.05, 3.63) is 83.9 Å². The molecule has 0 saturated carbocycles. The van der Waals surface area contributed by atoms with Gasteiger partial charge in [-0.25, -0.2) is 0 Å². The van der Waals surface area contributed by atoms with Gasteiger partial charge in [-0.15, -0.1) is 81.2 Å². The molecule has 0 fully saturated rings. The van der Waals surface area contributed by atoms with Gasteiger partial charge in [0, 0.05) is 18.6 Å². The minimum absolute atomic E-state index is 0. The van der Waals surface area contributed by atoms with Crippen LogP contribution in [-0.4, -0.2) is 0 Å². The van der Waals surface area contributed by atoms with Gasteiger partial charge in [0.1, 0.15) is 0 Å². The zero-order valence-electron chi connectivity index (χ0n) is 13.5. The normalized spacial score (nSPS) is 8.75. The van der Waals surface area contributed by atoms with Gasteiger partial charge < -0.3 is 37.2 Å². The van der Waals surface area contributed by atoms with Crippen LogP contribution in [-0.2, 0) is 18.6 Å². The summed E-state index contributed by atoms with van der Waals surface area (Å²) in [5, 5.41) is 5.39. The van der Waals surface area contributed by atoms with Gasteiger partial charge in [0.15, 0.2) is 0 Å². The minimum atomic E-state index is 0. The molecular weight excluding hydrogens is 398 g/mol. The van der Waals surface area contributed by atoms with Crippen LogP contribution in [0.2, 0.25) is 0 Å². The van der Waals surface area contributed by atoms with E-state index < -0.39 is 0 Å². The number of aryl methyl sites for hydroxylation is 2. The van der Waals surface area contributed by atoms with Crippen molar-refractivity contribution in [3.63, 3.8) is 0 Å². The van der Waals surface area contributed by atoms with E-state index in [1.807, 2.05) is 0 Å². The molecule has 1 radical (unpaired) electrons. The van der Waals surface area contributed by atoms with E-state index in [2.05, 4.69) is 86.6 Å². The molecule has 0 aliphatic heterocycles.